The van der Waals surface area contributed by atoms with Gasteiger partial charge in [0.15, 0.2) is 0 Å². The molecule has 0 amide bonds. The summed E-state index contributed by atoms with van der Waals surface area (Å²) in [6.45, 7) is 8.82. The number of nitrogens with zero attached hydrogens (tertiary/aromatic N) is 3. The van der Waals surface area contributed by atoms with E-state index in [0.717, 1.165) is 29.1 Å². The van der Waals surface area contributed by atoms with Crippen molar-refractivity contribution in [3.63, 3.8) is 0 Å². The van der Waals surface area contributed by atoms with E-state index in [1.807, 2.05) is 6.92 Å². The number of hydrogen-bond donors (Lipinski definition) is 1. The summed E-state index contributed by atoms with van der Waals surface area (Å²) in [7, 11) is 0. The first-order valence-electron chi connectivity index (χ1n) is 6.55. The first-order chi connectivity index (χ1) is 8.29. The van der Waals surface area contributed by atoms with Gasteiger partial charge in [-0.15, -0.1) is 10.2 Å². The smallest absolute Gasteiger partial charge is 0.208 e. The van der Waals surface area contributed by atoms with Crippen LogP contribution in [-0.4, -0.2) is 36.4 Å². The molecule has 0 radical (unpaired) electrons. The van der Waals surface area contributed by atoms with Crippen LogP contribution in [0.4, 0.5) is 5.13 Å². The van der Waals surface area contributed by atoms with Gasteiger partial charge in [0.2, 0.25) is 5.13 Å². The molecule has 5 heteroatoms. The van der Waals surface area contributed by atoms with E-state index in [1.165, 1.54) is 32.4 Å². The van der Waals surface area contributed by atoms with Crippen LogP contribution in [0.25, 0.3) is 0 Å². The highest BCUT2D eigenvalue weighted by atomic mass is 32.1. The summed E-state index contributed by atoms with van der Waals surface area (Å²) in [6, 6.07) is 0. The average molecular weight is 254 g/mol. The maximum Gasteiger partial charge on any atom is 0.208 e. The van der Waals surface area contributed by atoms with Crippen LogP contribution in [0.3, 0.4) is 0 Å². The Morgan fingerprint density at radius 1 is 1.35 bits per heavy atom. The second-order valence-corrected chi connectivity index (χ2v) is 5.90. The number of aromatic nitrogens is 2. The summed E-state index contributed by atoms with van der Waals surface area (Å²) in [5.41, 5.74) is 0. The number of anilines is 1. The standard InChI is InChI=1S/C12H22N4S/c1-3-8-16(12-15-14-10(2)17-12)9-11-4-6-13-7-5-11/h11,13H,3-9H2,1-2H3. The normalized spacial score (nSPS) is 17.3. The fraction of sp³-hybridized carbons (Fsp3) is 0.833. The van der Waals surface area contributed by atoms with Crippen molar-refractivity contribution in [2.75, 3.05) is 31.1 Å². The number of hydrogen-bond acceptors (Lipinski definition) is 5. The SMILES string of the molecule is CCCN(CC1CCNCC1)c1nnc(C)s1. The molecule has 0 aliphatic carbocycles. The van der Waals surface area contributed by atoms with Crippen molar-refractivity contribution in [1.29, 1.82) is 0 Å². The fourth-order valence-electron chi connectivity index (χ4n) is 2.32. The van der Waals surface area contributed by atoms with E-state index in [2.05, 4.69) is 27.3 Å². The highest BCUT2D eigenvalue weighted by Gasteiger charge is 2.18. The number of nitrogens with one attached hydrogen (secondary N) is 1. The second kappa shape index (κ2) is 6.31. The van der Waals surface area contributed by atoms with Crippen LogP contribution >= 0.6 is 11.3 Å². The summed E-state index contributed by atoms with van der Waals surface area (Å²) in [5.74, 6) is 0.812. The van der Waals surface area contributed by atoms with E-state index >= 15 is 0 Å². The maximum atomic E-state index is 4.28. The van der Waals surface area contributed by atoms with Crippen molar-refractivity contribution in [3.8, 4) is 0 Å². The van der Waals surface area contributed by atoms with Gasteiger partial charge in [-0.2, -0.15) is 0 Å². The maximum absolute atomic E-state index is 4.28. The van der Waals surface area contributed by atoms with Crippen molar-refractivity contribution in [2.24, 2.45) is 5.92 Å². The van der Waals surface area contributed by atoms with Crippen molar-refractivity contribution < 1.29 is 0 Å². The largest absolute Gasteiger partial charge is 0.346 e. The number of aryl methyl sites for hydroxylation is 1. The Bertz CT molecular complexity index is 333. The molecule has 2 heterocycles. The van der Waals surface area contributed by atoms with Gasteiger partial charge in [-0.1, -0.05) is 18.3 Å². The van der Waals surface area contributed by atoms with Crippen LogP contribution in [0.2, 0.25) is 0 Å². The molecule has 1 N–H and O–H groups in total. The van der Waals surface area contributed by atoms with Gasteiger partial charge in [0.1, 0.15) is 5.01 Å². The minimum absolute atomic E-state index is 0.812. The molecule has 4 nitrogen and oxygen atoms in total. The lowest BCUT2D eigenvalue weighted by atomic mass is 9.97. The monoisotopic (exact) mass is 254 g/mol. The number of piperidine rings is 1. The molecular formula is C12H22N4S. The molecule has 1 aromatic rings. The molecule has 96 valence electrons. The Labute approximate surface area is 107 Å². The first kappa shape index (κ1) is 12.8. The van der Waals surface area contributed by atoms with Gasteiger partial charge in [-0.3, -0.25) is 0 Å². The zero-order valence-electron chi connectivity index (χ0n) is 10.8. The van der Waals surface area contributed by atoms with E-state index in [1.54, 1.807) is 11.3 Å². The van der Waals surface area contributed by atoms with E-state index in [4.69, 9.17) is 0 Å². The molecule has 17 heavy (non-hydrogen) atoms. The molecule has 0 bridgehead atoms. The third-order valence-corrected chi connectivity index (χ3v) is 4.12. The van der Waals surface area contributed by atoms with Crippen LogP contribution in [-0.2, 0) is 0 Å². The molecular weight excluding hydrogens is 232 g/mol. The predicted molar refractivity (Wildman–Crippen MR) is 72.7 cm³/mol. The quantitative estimate of drug-likeness (QED) is 0.873. The Morgan fingerprint density at radius 2 is 2.12 bits per heavy atom. The second-order valence-electron chi connectivity index (χ2n) is 4.74. The van der Waals surface area contributed by atoms with Crippen LogP contribution in [0, 0.1) is 12.8 Å². The zero-order chi connectivity index (χ0) is 12.1. The molecule has 0 saturated carbocycles. The van der Waals surface area contributed by atoms with Crippen LogP contribution in [0.15, 0.2) is 0 Å². The predicted octanol–water partition coefficient (Wildman–Crippen LogP) is 2.06. The molecule has 2 rings (SSSR count). The van der Waals surface area contributed by atoms with E-state index in [-0.39, 0.29) is 0 Å². The summed E-state index contributed by atoms with van der Waals surface area (Å²) >= 11 is 1.71. The third-order valence-electron chi connectivity index (χ3n) is 3.22. The van der Waals surface area contributed by atoms with Gasteiger partial charge >= 0.3 is 0 Å². The highest BCUT2D eigenvalue weighted by Crippen LogP contribution is 2.23. The highest BCUT2D eigenvalue weighted by molar-refractivity contribution is 7.15. The Balaban J connectivity index is 1.96. The minimum atomic E-state index is 0.812. The van der Waals surface area contributed by atoms with Crippen LogP contribution in [0.5, 0.6) is 0 Å². The molecule has 0 unspecified atom stereocenters. The summed E-state index contributed by atoms with van der Waals surface area (Å²) in [5, 5.41) is 14.0. The van der Waals surface area contributed by atoms with Gasteiger partial charge in [0, 0.05) is 13.1 Å². The Morgan fingerprint density at radius 3 is 2.71 bits per heavy atom. The minimum Gasteiger partial charge on any atom is -0.346 e. The fourth-order valence-corrected chi connectivity index (χ4v) is 3.05. The molecule has 0 aromatic carbocycles. The molecule has 1 fully saturated rings. The van der Waals surface area contributed by atoms with Gasteiger partial charge < -0.3 is 10.2 Å². The topological polar surface area (TPSA) is 41.0 Å². The summed E-state index contributed by atoms with van der Waals surface area (Å²) in [4.78, 5) is 2.42. The van der Waals surface area contributed by atoms with Crippen molar-refractivity contribution in [3.05, 3.63) is 5.01 Å². The van der Waals surface area contributed by atoms with Gasteiger partial charge in [0.05, 0.1) is 0 Å². The lowest BCUT2D eigenvalue weighted by Crippen LogP contribution is -2.36. The first-order valence-corrected chi connectivity index (χ1v) is 7.37. The van der Waals surface area contributed by atoms with Crippen LogP contribution in [0.1, 0.15) is 31.2 Å². The Hall–Kier alpha value is -0.680. The van der Waals surface area contributed by atoms with Crippen molar-refractivity contribution in [1.82, 2.24) is 15.5 Å². The average Bonchev–Trinajstić information content (AvgIpc) is 2.77. The Kier molecular flexibility index (Phi) is 4.74. The molecule has 0 spiro atoms. The molecule has 1 saturated heterocycles. The van der Waals surface area contributed by atoms with E-state index < -0.39 is 0 Å². The lowest BCUT2D eigenvalue weighted by molar-refractivity contribution is 0.373. The molecule has 1 aliphatic rings. The van der Waals surface area contributed by atoms with E-state index in [0.29, 0.717) is 0 Å². The van der Waals surface area contributed by atoms with Crippen LogP contribution < -0.4 is 10.2 Å². The summed E-state index contributed by atoms with van der Waals surface area (Å²) < 4.78 is 0. The van der Waals surface area contributed by atoms with Gasteiger partial charge in [0.25, 0.3) is 0 Å². The summed E-state index contributed by atoms with van der Waals surface area (Å²) in [6.07, 6.45) is 3.75. The number of rotatable bonds is 5. The molecule has 1 aliphatic heterocycles. The molecule has 1 aromatic heterocycles. The third kappa shape index (κ3) is 3.64. The van der Waals surface area contributed by atoms with Crippen molar-refractivity contribution in [2.45, 2.75) is 33.1 Å². The van der Waals surface area contributed by atoms with Crippen molar-refractivity contribution >= 4 is 16.5 Å². The van der Waals surface area contributed by atoms with Gasteiger partial charge in [-0.25, -0.2) is 0 Å². The zero-order valence-corrected chi connectivity index (χ0v) is 11.6. The lowest BCUT2D eigenvalue weighted by Gasteiger charge is -2.29. The van der Waals surface area contributed by atoms with E-state index in [9.17, 15) is 0 Å². The molecule has 0 atom stereocenters. The van der Waals surface area contributed by atoms with Gasteiger partial charge in [-0.05, 0) is 45.2 Å².